The van der Waals surface area contributed by atoms with Crippen LogP contribution in [0.3, 0.4) is 0 Å². The van der Waals surface area contributed by atoms with E-state index in [1.165, 1.54) is 0 Å². The van der Waals surface area contributed by atoms with E-state index in [4.69, 9.17) is 0 Å². The highest BCUT2D eigenvalue weighted by Gasteiger charge is 2.35. The van der Waals surface area contributed by atoms with Gasteiger partial charge in [-0.05, 0) is 18.8 Å². The number of carboxylic acid groups (broad SMARTS) is 1. The Labute approximate surface area is 118 Å². The van der Waals surface area contributed by atoms with E-state index in [0.717, 1.165) is 18.5 Å². The van der Waals surface area contributed by atoms with Crippen molar-refractivity contribution < 1.29 is 14.7 Å². The average molecular weight is 279 g/mol. The van der Waals surface area contributed by atoms with E-state index in [2.05, 4.69) is 15.5 Å². The molecule has 0 saturated heterocycles. The van der Waals surface area contributed by atoms with Crippen LogP contribution in [0.25, 0.3) is 0 Å². The van der Waals surface area contributed by atoms with Crippen LogP contribution >= 0.6 is 0 Å². The standard InChI is InChI=1S/C14H21N3O3/c1-8(2)11-7-12(17-16-11)15-13(18)9-5-3-4-6-10(9)14(19)20/h7-10H,3-6H2,1-2H3,(H,19,20)(H2,15,16,17,18)/t9-,10+/m1/s1. The van der Waals surface area contributed by atoms with Gasteiger partial charge in [0.15, 0.2) is 5.82 Å². The van der Waals surface area contributed by atoms with Gasteiger partial charge in [0.25, 0.3) is 0 Å². The van der Waals surface area contributed by atoms with Crippen molar-refractivity contribution in [2.45, 2.75) is 45.4 Å². The van der Waals surface area contributed by atoms with E-state index < -0.39 is 17.8 Å². The number of anilines is 1. The molecule has 2 atom stereocenters. The Hall–Kier alpha value is -1.85. The van der Waals surface area contributed by atoms with E-state index in [-0.39, 0.29) is 5.91 Å². The lowest BCUT2D eigenvalue weighted by molar-refractivity contribution is -0.147. The van der Waals surface area contributed by atoms with Gasteiger partial charge in [-0.1, -0.05) is 26.7 Å². The van der Waals surface area contributed by atoms with Crippen LogP contribution in [0.15, 0.2) is 6.07 Å². The molecule has 0 spiro atoms. The largest absolute Gasteiger partial charge is 0.481 e. The smallest absolute Gasteiger partial charge is 0.307 e. The van der Waals surface area contributed by atoms with Crippen molar-refractivity contribution in [3.63, 3.8) is 0 Å². The Kier molecular flexibility index (Phi) is 4.42. The maximum absolute atomic E-state index is 12.2. The Bertz CT molecular complexity index is 496. The first kappa shape index (κ1) is 14.6. The second-order valence-corrected chi connectivity index (χ2v) is 5.69. The molecule has 1 aliphatic rings. The number of carbonyl (C=O) groups excluding carboxylic acids is 1. The Morgan fingerprint density at radius 3 is 2.55 bits per heavy atom. The number of hydrogen-bond acceptors (Lipinski definition) is 3. The number of H-pyrrole nitrogens is 1. The number of nitrogens with one attached hydrogen (secondary N) is 2. The maximum Gasteiger partial charge on any atom is 0.307 e. The number of hydrogen-bond donors (Lipinski definition) is 3. The molecule has 6 nitrogen and oxygen atoms in total. The second-order valence-electron chi connectivity index (χ2n) is 5.69. The highest BCUT2D eigenvalue weighted by molar-refractivity contribution is 5.94. The van der Waals surface area contributed by atoms with Crippen molar-refractivity contribution in [2.75, 3.05) is 5.32 Å². The molecule has 1 fully saturated rings. The molecule has 0 unspecified atom stereocenters. The van der Waals surface area contributed by atoms with Crippen LogP contribution in [0, 0.1) is 11.8 Å². The van der Waals surface area contributed by atoms with Gasteiger partial charge in [-0.25, -0.2) is 0 Å². The van der Waals surface area contributed by atoms with E-state index in [1.54, 1.807) is 6.07 Å². The third kappa shape index (κ3) is 3.18. The molecule has 0 radical (unpaired) electrons. The minimum Gasteiger partial charge on any atom is -0.481 e. The summed E-state index contributed by atoms with van der Waals surface area (Å²) in [7, 11) is 0. The minimum absolute atomic E-state index is 0.237. The van der Waals surface area contributed by atoms with Crippen molar-refractivity contribution in [2.24, 2.45) is 11.8 Å². The van der Waals surface area contributed by atoms with Crippen LogP contribution in [0.4, 0.5) is 5.82 Å². The summed E-state index contributed by atoms with van der Waals surface area (Å²) in [6, 6.07) is 1.79. The summed E-state index contributed by atoms with van der Waals surface area (Å²) >= 11 is 0. The predicted octanol–water partition coefficient (Wildman–Crippen LogP) is 2.36. The molecule has 2 rings (SSSR count). The van der Waals surface area contributed by atoms with Crippen molar-refractivity contribution in [3.8, 4) is 0 Å². The van der Waals surface area contributed by atoms with E-state index in [1.807, 2.05) is 13.8 Å². The fourth-order valence-electron chi connectivity index (χ4n) is 2.66. The topological polar surface area (TPSA) is 95.1 Å². The van der Waals surface area contributed by atoms with Crippen LogP contribution in [0.5, 0.6) is 0 Å². The number of aromatic nitrogens is 2. The fraction of sp³-hybridized carbons (Fsp3) is 0.643. The molecular formula is C14H21N3O3. The molecule has 6 heteroatoms. The maximum atomic E-state index is 12.2. The highest BCUT2D eigenvalue weighted by Crippen LogP contribution is 2.31. The summed E-state index contributed by atoms with van der Waals surface area (Å²) in [5, 5.41) is 18.8. The number of nitrogens with zero attached hydrogens (tertiary/aromatic N) is 1. The lowest BCUT2D eigenvalue weighted by Gasteiger charge is -2.27. The first-order chi connectivity index (χ1) is 9.49. The van der Waals surface area contributed by atoms with Gasteiger partial charge < -0.3 is 10.4 Å². The third-order valence-electron chi connectivity index (χ3n) is 3.89. The zero-order valence-electron chi connectivity index (χ0n) is 11.8. The van der Waals surface area contributed by atoms with Gasteiger partial charge in [0.2, 0.25) is 5.91 Å². The second kappa shape index (κ2) is 6.07. The molecule has 20 heavy (non-hydrogen) atoms. The molecule has 1 saturated carbocycles. The lowest BCUT2D eigenvalue weighted by atomic mass is 9.79. The normalized spacial score (nSPS) is 22.8. The van der Waals surface area contributed by atoms with Crippen molar-refractivity contribution in [1.29, 1.82) is 0 Å². The van der Waals surface area contributed by atoms with Gasteiger partial charge in [0.1, 0.15) is 0 Å². The quantitative estimate of drug-likeness (QED) is 0.788. The lowest BCUT2D eigenvalue weighted by Crippen LogP contribution is -2.36. The number of aromatic amines is 1. The van der Waals surface area contributed by atoms with Gasteiger partial charge in [-0.2, -0.15) is 5.10 Å². The molecule has 0 aromatic carbocycles. The fourth-order valence-corrected chi connectivity index (χ4v) is 2.66. The van der Waals surface area contributed by atoms with E-state index >= 15 is 0 Å². The van der Waals surface area contributed by atoms with Crippen molar-refractivity contribution in [3.05, 3.63) is 11.8 Å². The van der Waals surface area contributed by atoms with E-state index in [9.17, 15) is 14.7 Å². The minimum atomic E-state index is -0.880. The summed E-state index contributed by atoms with van der Waals surface area (Å²) in [4.78, 5) is 23.4. The predicted molar refractivity (Wildman–Crippen MR) is 74.4 cm³/mol. The first-order valence-electron chi connectivity index (χ1n) is 7.08. The monoisotopic (exact) mass is 279 g/mol. The van der Waals surface area contributed by atoms with Crippen LogP contribution in [-0.4, -0.2) is 27.2 Å². The molecule has 1 amide bonds. The van der Waals surface area contributed by atoms with Crippen molar-refractivity contribution in [1.82, 2.24) is 10.2 Å². The summed E-state index contributed by atoms with van der Waals surface area (Å²) in [5.74, 6) is -1.38. The molecule has 110 valence electrons. The van der Waals surface area contributed by atoms with Crippen molar-refractivity contribution >= 4 is 17.7 Å². The molecule has 1 heterocycles. The van der Waals surface area contributed by atoms with Gasteiger partial charge >= 0.3 is 5.97 Å². The average Bonchev–Trinajstić information content (AvgIpc) is 2.87. The summed E-state index contributed by atoms with van der Waals surface area (Å²) in [5.41, 5.74) is 0.943. The van der Waals surface area contributed by atoms with Gasteiger partial charge in [-0.3, -0.25) is 14.7 Å². The Balaban J connectivity index is 2.04. The van der Waals surface area contributed by atoms with Crippen LogP contribution in [0.2, 0.25) is 0 Å². The van der Waals surface area contributed by atoms with Crippen LogP contribution < -0.4 is 5.32 Å². The van der Waals surface area contributed by atoms with E-state index in [0.29, 0.717) is 24.6 Å². The highest BCUT2D eigenvalue weighted by atomic mass is 16.4. The molecule has 1 aromatic rings. The third-order valence-corrected chi connectivity index (χ3v) is 3.89. The van der Waals surface area contributed by atoms with Crippen LogP contribution in [0.1, 0.15) is 51.1 Å². The molecular weight excluding hydrogens is 258 g/mol. The molecule has 0 aliphatic heterocycles. The summed E-state index contributed by atoms with van der Waals surface area (Å²) in [6.45, 7) is 4.06. The van der Waals surface area contributed by atoms with Crippen LogP contribution in [-0.2, 0) is 9.59 Å². The Morgan fingerprint density at radius 1 is 1.35 bits per heavy atom. The molecule has 1 aliphatic carbocycles. The van der Waals surface area contributed by atoms with Gasteiger partial charge in [0, 0.05) is 11.8 Å². The number of carbonyl (C=O) groups is 2. The summed E-state index contributed by atoms with van der Waals surface area (Å²) in [6.07, 6.45) is 2.98. The molecule has 3 N–H and O–H groups in total. The molecule has 0 bridgehead atoms. The zero-order valence-corrected chi connectivity index (χ0v) is 11.8. The molecule has 1 aromatic heterocycles. The number of rotatable bonds is 4. The SMILES string of the molecule is CC(C)c1cc(NC(=O)[C@@H]2CCCC[C@@H]2C(=O)O)n[nH]1. The first-order valence-corrected chi connectivity index (χ1v) is 7.08. The Morgan fingerprint density at radius 2 is 2.00 bits per heavy atom. The zero-order chi connectivity index (χ0) is 14.7. The number of amides is 1. The number of carboxylic acids is 1. The summed E-state index contributed by atoms with van der Waals surface area (Å²) < 4.78 is 0. The van der Waals surface area contributed by atoms with Gasteiger partial charge in [-0.15, -0.1) is 0 Å². The van der Waals surface area contributed by atoms with Gasteiger partial charge in [0.05, 0.1) is 11.8 Å². The number of aliphatic carboxylic acids is 1.